The van der Waals surface area contributed by atoms with Crippen molar-refractivity contribution >= 4 is 17.8 Å². The molecule has 2 saturated carbocycles. The number of aliphatic hydroxyl groups excluding tert-OH is 1. The maximum atomic E-state index is 14.3. The van der Waals surface area contributed by atoms with Crippen LogP contribution in [0.3, 0.4) is 0 Å². The number of pyridine rings is 2. The zero-order valence-electron chi connectivity index (χ0n) is 27.9. The van der Waals surface area contributed by atoms with Crippen molar-refractivity contribution < 1.29 is 28.6 Å². The number of hydrogen-bond donors (Lipinski definition) is 1. The number of carbonyl (C=O) groups excluding carboxylic acids is 2. The van der Waals surface area contributed by atoms with Crippen molar-refractivity contribution in [3.8, 4) is 17.0 Å². The fraction of sp³-hybridized carbons (Fsp3) is 0.583. The molecule has 47 heavy (non-hydrogen) atoms. The predicted molar refractivity (Wildman–Crippen MR) is 176 cm³/mol. The highest BCUT2D eigenvalue weighted by Gasteiger charge is 2.36. The lowest BCUT2D eigenvalue weighted by Gasteiger charge is -2.37. The van der Waals surface area contributed by atoms with Gasteiger partial charge >= 0.3 is 6.09 Å². The average Bonchev–Trinajstić information content (AvgIpc) is 3.57. The Hall–Kier alpha value is -3.99. The Bertz CT molecular complexity index is 1540. The van der Waals surface area contributed by atoms with E-state index in [4.69, 9.17) is 23.9 Å². The minimum atomic E-state index is -0.464. The van der Waals surface area contributed by atoms with Crippen LogP contribution in [-0.4, -0.2) is 75.9 Å². The van der Waals surface area contributed by atoms with Crippen molar-refractivity contribution in [1.29, 1.82) is 0 Å². The third kappa shape index (κ3) is 7.61. The molecule has 1 aliphatic heterocycles. The third-order valence-electron chi connectivity index (χ3n) is 10.00. The van der Waals surface area contributed by atoms with E-state index in [1.807, 2.05) is 43.9 Å². The predicted octanol–water partition coefficient (Wildman–Crippen LogP) is 6.25. The Kier molecular flexibility index (Phi) is 10.1. The summed E-state index contributed by atoms with van der Waals surface area (Å²) in [4.78, 5) is 44.3. The second-order valence-corrected chi connectivity index (χ2v) is 13.7. The van der Waals surface area contributed by atoms with Crippen LogP contribution in [0.15, 0.2) is 41.1 Å². The summed E-state index contributed by atoms with van der Waals surface area (Å²) in [5, 5.41) is 9.52. The molecule has 2 amide bonds. The van der Waals surface area contributed by atoms with E-state index in [2.05, 4.69) is 11.1 Å². The van der Waals surface area contributed by atoms with Crippen molar-refractivity contribution in [1.82, 2.24) is 19.9 Å². The number of hydrogen-bond acceptors (Lipinski definition) is 9. The van der Waals surface area contributed by atoms with Crippen LogP contribution >= 0.6 is 0 Å². The molecule has 0 spiro atoms. The zero-order chi connectivity index (χ0) is 33.1. The van der Waals surface area contributed by atoms with Gasteiger partial charge in [-0.05, 0) is 88.5 Å². The van der Waals surface area contributed by atoms with Gasteiger partial charge in [-0.2, -0.15) is 0 Å². The van der Waals surface area contributed by atoms with E-state index in [0.29, 0.717) is 68.9 Å². The first-order valence-electron chi connectivity index (χ1n) is 17.1. The molecular formula is C36H47N5O6. The van der Waals surface area contributed by atoms with E-state index < -0.39 is 6.10 Å². The van der Waals surface area contributed by atoms with Gasteiger partial charge in [0.1, 0.15) is 29.6 Å². The molecular weight excluding hydrogens is 598 g/mol. The maximum Gasteiger partial charge on any atom is 0.410 e. The smallest absolute Gasteiger partial charge is 0.410 e. The lowest BCUT2D eigenvalue weighted by Crippen LogP contribution is -2.54. The molecule has 252 valence electrons. The maximum absolute atomic E-state index is 14.3. The molecule has 0 atom stereocenters. The van der Waals surface area contributed by atoms with Gasteiger partial charge in [0.05, 0.1) is 32.0 Å². The standard InChI is InChI=1S/C36H47N5O6/c1-22(2)34-39-31(21-46-34)27-15-16-37-33(17-27)41(18-24-5-7-25(8-6-24)30-13-14-32(45-4)23(3)38-30)35(43)26-9-11-29(12-10-26)47-36(44)40-19-28(42)20-40/h13-17,21-22,24-26,28-29,42H,5-12,18-20H2,1-4H3. The van der Waals surface area contributed by atoms with Gasteiger partial charge in [-0.25, -0.2) is 14.8 Å². The Morgan fingerprint density at radius 1 is 1.04 bits per heavy atom. The molecule has 0 radical (unpaired) electrons. The molecule has 2 aliphatic carbocycles. The molecule has 3 aliphatic rings. The Morgan fingerprint density at radius 2 is 1.79 bits per heavy atom. The second kappa shape index (κ2) is 14.4. The molecule has 4 heterocycles. The van der Waals surface area contributed by atoms with Crippen LogP contribution in [0.5, 0.6) is 5.75 Å². The highest BCUT2D eigenvalue weighted by molar-refractivity contribution is 5.94. The summed E-state index contributed by atoms with van der Waals surface area (Å²) in [5.41, 5.74) is 3.61. The number of nitrogens with zero attached hydrogens (tertiary/aromatic N) is 5. The first-order chi connectivity index (χ1) is 22.7. The lowest BCUT2D eigenvalue weighted by molar-refractivity contribution is -0.124. The quantitative estimate of drug-likeness (QED) is 0.287. The van der Waals surface area contributed by atoms with Crippen LogP contribution in [0.25, 0.3) is 11.3 Å². The number of rotatable bonds is 9. The van der Waals surface area contributed by atoms with Crippen LogP contribution < -0.4 is 9.64 Å². The van der Waals surface area contributed by atoms with E-state index in [-0.39, 0.29) is 29.9 Å². The minimum Gasteiger partial charge on any atom is -0.495 e. The Labute approximate surface area is 276 Å². The van der Waals surface area contributed by atoms with Gasteiger partial charge in [-0.15, -0.1) is 0 Å². The van der Waals surface area contributed by atoms with Gasteiger partial charge in [0, 0.05) is 41.8 Å². The van der Waals surface area contributed by atoms with Crippen molar-refractivity contribution in [3.05, 3.63) is 54.0 Å². The summed E-state index contributed by atoms with van der Waals surface area (Å²) in [5.74, 6) is 2.90. The number of aromatic nitrogens is 3. The summed E-state index contributed by atoms with van der Waals surface area (Å²) >= 11 is 0. The topological polar surface area (TPSA) is 131 Å². The van der Waals surface area contributed by atoms with Crippen molar-refractivity contribution in [2.24, 2.45) is 11.8 Å². The van der Waals surface area contributed by atoms with E-state index in [1.165, 1.54) is 4.90 Å². The first kappa shape index (κ1) is 32.9. The van der Waals surface area contributed by atoms with E-state index in [1.54, 1.807) is 19.6 Å². The summed E-state index contributed by atoms with van der Waals surface area (Å²) in [6, 6.07) is 7.94. The highest BCUT2D eigenvalue weighted by Crippen LogP contribution is 2.38. The minimum absolute atomic E-state index is 0.0721. The molecule has 3 aromatic rings. The van der Waals surface area contributed by atoms with Crippen LogP contribution in [0, 0.1) is 18.8 Å². The molecule has 11 heteroatoms. The number of ether oxygens (including phenoxy) is 2. The van der Waals surface area contributed by atoms with Crippen molar-refractivity contribution in [2.45, 2.75) is 96.2 Å². The molecule has 3 aromatic heterocycles. The van der Waals surface area contributed by atoms with Crippen LogP contribution in [0.2, 0.25) is 0 Å². The monoisotopic (exact) mass is 645 g/mol. The molecule has 0 bridgehead atoms. The van der Waals surface area contributed by atoms with E-state index in [0.717, 1.165) is 54.1 Å². The lowest BCUT2D eigenvalue weighted by atomic mass is 9.79. The number of oxazole rings is 1. The number of methoxy groups -OCH3 is 1. The Balaban J connectivity index is 1.15. The normalized spacial score (nSPS) is 23.3. The number of aryl methyl sites for hydroxylation is 1. The van der Waals surface area contributed by atoms with Gasteiger partial charge in [-0.1, -0.05) is 13.8 Å². The van der Waals surface area contributed by atoms with Gasteiger partial charge in [-0.3, -0.25) is 14.7 Å². The number of anilines is 1. The van der Waals surface area contributed by atoms with E-state index in [9.17, 15) is 14.7 Å². The summed E-state index contributed by atoms with van der Waals surface area (Å²) < 4.78 is 16.8. The number of β-amino-alcohol motifs (C(OH)–C–C–N with tert-alkyl or cyclic N) is 1. The number of likely N-dealkylation sites (tertiary alicyclic amines) is 1. The highest BCUT2D eigenvalue weighted by atomic mass is 16.6. The van der Waals surface area contributed by atoms with Gasteiger partial charge in [0.15, 0.2) is 5.89 Å². The van der Waals surface area contributed by atoms with Gasteiger partial charge in [0.2, 0.25) is 5.91 Å². The number of carbonyl (C=O) groups is 2. The zero-order valence-corrected chi connectivity index (χ0v) is 27.9. The number of aliphatic hydroxyl groups is 1. The molecule has 3 fully saturated rings. The first-order valence-corrected chi connectivity index (χ1v) is 17.1. The van der Waals surface area contributed by atoms with Crippen molar-refractivity contribution in [3.63, 3.8) is 0 Å². The number of amides is 2. The SMILES string of the molecule is COc1ccc(C2CCC(CN(C(=O)C3CCC(OC(=O)N4CC(O)C4)CC3)c3cc(-c4coc(C(C)C)n4)ccn3)CC2)nc1C. The fourth-order valence-corrected chi connectivity index (χ4v) is 7.09. The van der Waals surface area contributed by atoms with E-state index >= 15 is 0 Å². The molecule has 1 N–H and O–H groups in total. The molecule has 6 rings (SSSR count). The van der Waals surface area contributed by atoms with Gasteiger partial charge in [0.25, 0.3) is 0 Å². The van der Waals surface area contributed by atoms with Crippen LogP contribution in [0.4, 0.5) is 10.6 Å². The fourth-order valence-electron chi connectivity index (χ4n) is 7.09. The molecule has 11 nitrogen and oxygen atoms in total. The van der Waals surface area contributed by atoms with Gasteiger partial charge < -0.3 is 23.9 Å². The molecule has 1 saturated heterocycles. The molecule has 0 aromatic carbocycles. The summed E-state index contributed by atoms with van der Waals surface area (Å²) in [7, 11) is 1.67. The summed E-state index contributed by atoms with van der Waals surface area (Å²) in [6.45, 7) is 7.30. The third-order valence-corrected chi connectivity index (χ3v) is 10.00. The van der Waals surface area contributed by atoms with Crippen LogP contribution in [0.1, 0.15) is 94.3 Å². The largest absolute Gasteiger partial charge is 0.495 e. The summed E-state index contributed by atoms with van der Waals surface area (Å²) in [6.07, 6.45) is 8.93. The second-order valence-electron chi connectivity index (χ2n) is 13.7. The van der Waals surface area contributed by atoms with Crippen LogP contribution in [-0.2, 0) is 9.53 Å². The van der Waals surface area contributed by atoms with Crippen molar-refractivity contribution in [2.75, 3.05) is 31.6 Å². The average molecular weight is 646 g/mol. The Morgan fingerprint density at radius 3 is 2.43 bits per heavy atom. The molecule has 0 unspecified atom stereocenters.